The van der Waals surface area contributed by atoms with E-state index in [1.807, 2.05) is 11.3 Å². The van der Waals surface area contributed by atoms with E-state index < -0.39 is 5.41 Å². The molecule has 2 heteroatoms. The van der Waals surface area contributed by atoms with Crippen molar-refractivity contribution < 1.29 is 0 Å². The Morgan fingerprint density at radius 2 is 0.906 bits per heavy atom. The van der Waals surface area contributed by atoms with Crippen molar-refractivity contribution in [2.75, 3.05) is 4.90 Å². The van der Waals surface area contributed by atoms with Crippen LogP contribution in [-0.2, 0) is 10.8 Å². The zero-order valence-electron chi connectivity index (χ0n) is 35.7. The minimum Gasteiger partial charge on any atom is -0.310 e. The maximum absolute atomic E-state index is 2.57. The molecule has 0 N–H and O–H groups in total. The number of rotatable bonds is 6. The lowest BCUT2D eigenvalue weighted by Gasteiger charge is -2.35. The number of fused-ring (bicyclic) bond motifs is 11. The van der Waals surface area contributed by atoms with E-state index in [1.54, 1.807) is 0 Å². The quantitative estimate of drug-likeness (QED) is 0.161. The predicted octanol–water partition coefficient (Wildman–Crippen LogP) is 17.0. The summed E-state index contributed by atoms with van der Waals surface area (Å²) in [6.45, 7) is 4.77. The maximum atomic E-state index is 2.57. The number of thiophene rings is 1. The first-order valence-electron chi connectivity index (χ1n) is 22.3. The van der Waals surface area contributed by atoms with E-state index in [4.69, 9.17) is 0 Å². The van der Waals surface area contributed by atoms with E-state index in [0.717, 1.165) is 11.4 Å². The van der Waals surface area contributed by atoms with Crippen molar-refractivity contribution in [2.24, 2.45) is 0 Å². The minimum absolute atomic E-state index is 0.163. The largest absolute Gasteiger partial charge is 0.310 e. The topological polar surface area (TPSA) is 3.24 Å². The Hall–Kier alpha value is -7.52. The van der Waals surface area contributed by atoms with Crippen LogP contribution < -0.4 is 4.90 Å². The van der Waals surface area contributed by atoms with Crippen LogP contribution in [0.4, 0.5) is 17.1 Å². The highest BCUT2D eigenvalue weighted by atomic mass is 32.1. The van der Waals surface area contributed by atoms with Gasteiger partial charge in [0, 0.05) is 37.0 Å². The van der Waals surface area contributed by atoms with Gasteiger partial charge in [-0.05, 0) is 108 Å². The molecule has 0 radical (unpaired) electrons. The van der Waals surface area contributed by atoms with E-state index in [2.05, 4.69) is 243 Å². The van der Waals surface area contributed by atoms with Gasteiger partial charge in [0.1, 0.15) is 0 Å². The molecule has 2 aliphatic carbocycles. The second-order valence-corrected chi connectivity index (χ2v) is 19.0. The zero-order chi connectivity index (χ0) is 42.6. The predicted molar refractivity (Wildman–Crippen MR) is 272 cm³/mol. The average molecular weight is 834 g/mol. The molecule has 0 unspecified atom stereocenters. The number of anilines is 3. The van der Waals surface area contributed by atoms with Crippen LogP contribution in [0.15, 0.2) is 224 Å². The monoisotopic (exact) mass is 833 g/mol. The van der Waals surface area contributed by atoms with Crippen LogP contribution in [0, 0.1) is 0 Å². The minimum atomic E-state index is -0.530. The molecular weight excluding hydrogens is 791 g/mol. The molecule has 0 aliphatic heterocycles. The summed E-state index contributed by atoms with van der Waals surface area (Å²) in [6.07, 6.45) is 0. The second-order valence-electron chi connectivity index (χ2n) is 18.0. The van der Waals surface area contributed by atoms with Crippen molar-refractivity contribution in [2.45, 2.75) is 24.7 Å². The van der Waals surface area contributed by atoms with Crippen LogP contribution in [0.1, 0.15) is 47.2 Å². The maximum Gasteiger partial charge on any atom is 0.0714 e. The van der Waals surface area contributed by atoms with Crippen molar-refractivity contribution in [1.29, 1.82) is 0 Å². The van der Waals surface area contributed by atoms with Gasteiger partial charge in [-0.25, -0.2) is 0 Å². The van der Waals surface area contributed by atoms with Gasteiger partial charge < -0.3 is 4.90 Å². The normalized spacial score (nSPS) is 14.0. The van der Waals surface area contributed by atoms with Gasteiger partial charge in [0.15, 0.2) is 0 Å². The summed E-state index contributed by atoms with van der Waals surface area (Å²) in [5.41, 5.74) is 18.3. The van der Waals surface area contributed by atoms with Gasteiger partial charge in [0.2, 0.25) is 0 Å². The highest BCUT2D eigenvalue weighted by molar-refractivity contribution is 7.27. The van der Waals surface area contributed by atoms with Crippen molar-refractivity contribution in [3.05, 3.63) is 258 Å². The lowest BCUT2D eigenvalue weighted by molar-refractivity contribution is 0.660. The molecule has 0 saturated heterocycles. The Morgan fingerprint density at radius 3 is 1.61 bits per heavy atom. The van der Waals surface area contributed by atoms with Gasteiger partial charge >= 0.3 is 0 Å². The van der Waals surface area contributed by atoms with Crippen molar-refractivity contribution in [1.82, 2.24) is 0 Å². The summed E-state index contributed by atoms with van der Waals surface area (Å²) in [4.78, 5) is 2.57. The first-order valence-corrected chi connectivity index (χ1v) is 23.2. The molecule has 0 atom stereocenters. The molecule has 13 rings (SSSR count). The number of nitrogens with zero attached hydrogens (tertiary/aromatic N) is 1. The van der Waals surface area contributed by atoms with Crippen molar-refractivity contribution in [3.8, 4) is 33.4 Å². The second kappa shape index (κ2) is 14.0. The van der Waals surface area contributed by atoms with E-state index in [1.165, 1.54) is 103 Å². The van der Waals surface area contributed by atoms with E-state index in [-0.39, 0.29) is 5.41 Å². The Morgan fingerprint density at radius 1 is 0.375 bits per heavy atom. The van der Waals surface area contributed by atoms with E-state index in [9.17, 15) is 0 Å². The summed E-state index contributed by atoms with van der Waals surface area (Å²) < 4.78 is 2.62. The van der Waals surface area contributed by atoms with Crippen LogP contribution in [-0.4, -0.2) is 0 Å². The molecule has 1 aromatic heterocycles. The van der Waals surface area contributed by atoms with Gasteiger partial charge in [-0.1, -0.05) is 208 Å². The molecule has 0 saturated carbocycles. The third-order valence-electron chi connectivity index (χ3n) is 14.3. The first kappa shape index (κ1) is 37.1. The highest BCUT2D eigenvalue weighted by Crippen LogP contribution is 2.59. The molecule has 2 aliphatic rings. The molecule has 0 spiro atoms. The Kier molecular flexibility index (Phi) is 8.11. The zero-order valence-corrected chi connectivity index (χ0v) is 36.5. The molecule has 1 nitrogen and oxygen atoms in total. The third kappa shape index (κ3) is 5.18. The summed E-state index contributed by atoms with van der Waals surface area (Å²) >= 11 is 1.93. The summed E-state index contributed by atoms with van der Waals surface area (Å²) in [5.74, 6) is 0. The average Bonchev–Trinajstić information content (AvgIpc) is 3.97. The number of hydrogen-bond acceptors (Lipinski definition) is 2. The van der Waals surface area contributed by atoms with Gasteiger partial charge in [-0.2, -0.15) is 0 Å². The summed E-state index contributed by atoms with van der Waals surface area (Å²) in [7, 11) is 0. The van der Waals surface area contributed by atoms with Crippen LogP contribution in [0.5, 0.6) is 0 Å². The van der Waals surface area contributed by atoms with Gasteiger partial charge in [0.05, 0.1) is 11.1 Å². The Labute approximate surface area is 378 Å². The van der Waals surface area contributed by atoms with Gasteiger partial charge in [0.25, 0.3) is 0 Å². The number of hydrogen-bond donors (Lipinski definition) is 0. The van der Waals surface area contributed by atoms with Crippen LogP contribution in [0.3, 0.4) is 0 Å². The van der Waals surface area contributed by atoms with Gasteiger partial charge in [-0.3, -0.25) is 0 Å². The molecular formula is C62H43NS. The first-order chi connectivity index (χ1) is 31.5. The fraction of sp³-hybridized carbons (Fsp3) is 0.0645. The summed E-state index contributed by atoms with van der Waals surface area (Å²) in [5, 5.41) is 5.11. The van der Waals surface area contributed by atoms with Crippen molar-refractivity contribution in [3.63, 3.8) is 0 Å². The van der Waals surface area contributed by atoms with Crippen LogP contribution >= 0.6 is 11.3 Å². The molecule has 64 heavy (non-hydrogen) atoms. The Balaban J connectivity index is 1.14. The Bertz CT molecular complexity index is 3600. The van der Waals surface area contributed by atoms with Crippen LogP contribution in [0.2, 0.25) is 0 Å². The SMILES string of the molecule is CC1(C)c2ccccc2-c2ccc(N(c3ccc4c(c3)C(c3ccccc3)(c3ccccc3)c3ccccc3-4)c3ccc(-c4ccccc4)c4sc5c6ccccc6ccc5c34)cc21. The lowest BCUT2D eigenvalue weighted by atomic mass is 9.67. The standard InChI is InChI=1S/C62H43NS/c1-61(2)53-28-16-14-26-48(53)50-34-31-44(38-55(50)61)63(57-37-36-47(40-18-6-3-7-19-40)60-58(57)52-33-30-41-20-12-13-25-46(41)59(52)64-60)45-32-35-51-49-27-15-17-29-54(49)62(56(51)39-45,42-21-8-4-9-22-42)43-23-10-5-11-24-43/h3-39H,1-2H3. The molecule has 302 valence electrons. The molecule has 0 bridgehead atoms. The fourth-order valence-electron chi connectivity index (χ4n) is 11.5. The molecule has 11 aromatic rings. The van der Waals surface area contributed by atoms with E-state index in [0.29, 0.717) is 0 Å². The van der Waals surface area contributed by atoms with Crippen molar-refractivity contribution >= 4 is 59.3 Å². The summed E-state index contributed by atoms with van der Waals surface area (Å²) in [6, 6.07) is 84.0. The third-order valence-corrected chi connectivity index (χ3v) is 15.6. The smallest absolute Gasteiger partial charge is 0.0714 e. The van der Waals surface area contributed by atoms with E-state index >= 15 is 0 Å². The fourth-order valence-corrected chi connectivity index (χ4v) is 12.8. The highest BCUT2D eigenvalue weighted by Gasteiger charge is 2.46. The molecule has 1 heterocycles. The molecule has 0 fully saturated rings. The van der Waals surface area contributed by atoms with Gasteiger partial charge in [-0.15, -0.1) is 11.3 Å². The molecule has 10 aromatic carbocycles. The lowest BCUT2D eigenvalue weighted by Crippen LogP contribution is -2.28. The van der Waals surface area contributed by atoms with Crippen LogP contribution in [0.25, 0.3) is 64.3 Å². The number of benzene rings is 10. The molecule has 0 amide bonds.